The number of carbonyl (C=O) groups is 2. The molecular weight excluding hydrogens is 290 g/mol. The minimum absolute atomic E-state index is 0.163. The van der Waals surface area contributed by atoms with Gasteiger partial charge in [0.05, 0.1) is 6.10 Å². The summed E-state index contributed by atoms with van der Waals surface area (Å²) < 4.78 is 0. The maximum absolute atomic E-state index is 11.2. The van der Waals surface area contributed by atoms with E-state index in [1.54, 1.807) is 0 Å². The van der Waals surface area contributed by atoms with Gasteiger partial charge in [-0.3, -0.25) is 14.5 Å². The molecule has 0 unspecified atom stereocenters. The third kappa shape index (κ3) is 3.10. The lowest BCUT2D eigenvalue weighted by Crippen LogP contribution is -2.48. The molecule has 1 saturated heterocycles. The monoisotopic (exact) mass is 315 g/mol. The van der Waals surface area contributed by atoms with Gasteiger partial charge in [0.15, 0.2) is 12.6 Å². The topological polar surface area (TPSA) is 57.6 Å². The lowest BCUT2D eigenvalue weighted by atomic mass is 9.78. The number of piperidine rings is 1. The second-order valence-corrected chi connectivity index (χ2v) is 7.37. The van der Waals surface area contributed by atoms with E-state index in [-0.39, 0.29) is 12.1 Å². The van der Waals surface area contributed by atoms with Crippen molar-refractivity contribution in [3.05, 3.63) is 34.4 Å². The summed E-state index contributed by atoms with van der Waals surface area (Å²) >= 11 is 0. The lowest BCUT2D eigenvalue weighted by Gasteiger charge is -2.46. The van der Waals surface area contributed by atoms with Crippen molar-refractivity contribution in [2.24, 2.45) is 11.8 Å². The number of aliphatic hydroxyl groups is 1. The first-order valence-corrected chi connectivity index (χ1v) is 8.52. The molecule has 0 aromatic heterocycles. The second kappa shape index (κ2) is 6.54. The fourth-order valence-electron chi connectivity index (χ4n) is 4.22. The van der Waals surface area contributed by atoms with Gasteiger partial charge >= 0.3 is 0 Å². The van der Waals surface area contributed by atoms with Crippen LogP contribution in [0.3, 0.4) is 0 Å². The van der Waals surface area contributed by atoms with Crippen LogP contribution < -0.4 is 0 Å². The molecule has 0 amide bonds. The Morgan fingerprint density at radius 1 is 1.26 bits per heavy atom. The Labute approximate surface area is 137 Å². The highest BCUT2D eigenvalue weighted by Crippen LogP contribution is 2.40. The fourth-order valence-corrected chi connectivity index (χ4v) is 4.22. The summed E-state index contributed by atoms with van der Waals surface area (Å²) in [6, 6.07) is 3.88. The van der Waals surface area contributed by atoms with E-state index in [1.807, 2.05) is 12.1 Å². The van der Waals surface area contributed by atoms with Gasteiger partial charge < -0.3 is 5.11 Å². The molecule has 1 aromatic rings. The average Bonchev–Trinajstić information content (AvgIpc) is 2.53. The normalized spacial score (nSPS) is 27.4. The first-order valence-electron chi connectivity index (χ1n) is 8.52. The largest absolute Gasteiger partial charge is 0.393 e. The summed E-state index contributed by atoms with van der Waals surface area (Å²) in [5.41, 5.74) is 3.19. The van der Waals surface area contributed by atoms with E-state index in [4.69, 9.17) is 0 Å². The maximum Gasteiger partial charge on any atom is 0.150 e. The van der Waals surface area contributed by atoms with E-state index in [0.717, 1.165) is 49.6 Å². The molecule has 23 heavy (non-hydrogen) atoms. The molecule has 124 valence electrons. The Hall–Kier alpha value is -1.52. The average molecular weight is 315 g/mol. The van der Waals surface area contributed by atoms with Crippen LogP contribution in [0, 0.1) is 11.8 Å². The third-order valence-electron chi connectivity index (χ3n) is 5.32. The van der Waals surface area contributed by atoms with Gasteiger partial charge in [-0.25, -0.2) is 0 Å². The van der Waals surface area contributed by atoms with Gasteiger partial charge in [-0.05, 0) is 54.4 Å². The van der Waals surface area contributed by atoms with Crippen molar-refractivity contribution >= 4 is 12.6 Å². The zero-order chi connectivity index (χ0) is 16.6. The molecule has 1 aromatic carbocycles. The van der Waals surface area contributed by atoms with Crippen molar-refractivity contribution in [2.75, 3.05) is 13.1 Å². The molecular formula is C19H25NO3. The van der Waals surface area contributed by atoms with Crippen molar-refractivity contribution in [3.8, 4) is 0 Å². The van der Waals surface area contributed by atoms with Gasteiger partial charge in [0.1, 0.15) is 0 Å². The lowest BCUT2D eigenvalue weighted by molar-refractivity contribution is -0.0191. The number of rotatable bonds is 4. The van der Waals surface area contributed by atoms with Crippen LogP contribution in [0.15, 0.2) is 12.1 Å². The highest BCUT2D eigenvalue weighted by atomic mass is 16.3. The number of carbonyl (C=O) groups excluding carboxylic acids is 2. The number of hydrogen-bond acceptors (Lipinski definition) is 4. The van der Waals surface area contributed by atoms with Gasteiger partial charge in [0.2, 0.25) is 0 Å². The molecule has 2 aliphatic heterocycles. The van der Waals surface area contributed by atoms with Gasteiger partial charge in [-0.2, -0.15) is 0 Å². The number of benzene rings is 1. The predicted molar refractivity (Wildman–Crippen MR) is 88.8 cm³/mol. The zero-order valence-electron chi connectivity index (χ0n) is 13.9. The van der Waals surface area contributed by atoms with E-state index < -0.39 is 0 Å². The van der Waals surface area contributed by atoms with E-state index >= 15 is 0 Å². The summed E-state index contributed by atoms with van der Waals surface area (Å²) in [5, 5.41) is 10.6. The molecule has 2 aliphatic rings. The van der Waals surface area contributed by atoms with E-state index in [1.165, 1.54) is 0 Å². The number of aliphatic hydroxyl groups excluding tert-OH is 1. The van der Waals surface area contributed by atoms with Crippen molar-refractivity contribution < 1.29 is 14.7 Å². The van der Waals surface area contributed by atoms with Crippen molar-refractivity contribution in [3.63, 3.8) is 0 Å². The summed E-state index contributed by atoms with van der Waals surface area (Å²) in [6.07, 6.45) is 3.87. The zero-order valence-corrected chi connectivity index (χ0v) is 13.9. The molecule has 3 rings (SSSR count). The van der Waals surface area contributed by atoms with Crippen LogP contribution in [0.25, 0.3) is 0 Å². The van der Waals surface area contributed by atoms with Gasteiger partial charge in [-0.15, -0.1) is 0 Å². The minimum Gasteiger partial charge on any atom is -0.393 e. The number of hydrogen-bond donors (Lipinski definition) is 1. The summed E-state index contributed by atoms with van der Waals surface area (Å²) in [6.45, 7) is 6.26. The predicted octanol–water partition coefficient (Wildman–Crippen LogP) is 2.64. The van der Waals surface area contributed by atoms with E-state index in [0.29, 0.717) is 29.4 Å². The second-order valence-electron chi connectivity index (χ2n) is 7.37. The van der Waals surface area contributed by atoms with Crippen LogP contribution in [-0.4, -0.2) is 41.8 Å². The highest BCUT2D eigenvalue weighted by Gasteiger charge is 2.38. The van der Waals surface area contributed by atoms with Crippen molar-refractivity contribution in [1.82, 2.24) is 4.90 Å². The van der Waals surface area contributed by atoms with Crippen LogP contribution in [0.2, 0.25) is 0 Å². The van der Waals surface area contributed by atoms with Crippen molar-refractivity contribution in [2.45, 2.75) is 45.3 Å². The first kappa shape index (κ1) is 16.3. The standard InChI is InChI=1S/C19H25NO3/c1-12(2)5-14-9-20-4-3-13-6-15(10-21)16(11-22)7-17(13)18(20)8-19(14)23/h6-7,10-12,14,18-19,23H,3-5,8-9H2,1-2H3/t14-,18+,19+/m1/s1. The molecule has 0 saturated carbocycles. The molecule has 4 heteroatoms. The number of nitrogens with zero attached hydrogens (tertiary/aromatic N) is 1. The summed E-state index contributed by atoms with van der Waals surface area (Å²) in [7, 11) is 0. The summed E-state index contributed by atoms with van der Waals surface area (Å²) in [5.74, 6) is 0.910. The smallest absolute Gasteiger partial charge is 0.150 e. The van der Waals surface area contributed by atoms with E-state index in [9.17, 15) is 14.7 Å². The molecule has 4 nitrogen and oxygen atoms in total. The van der Waals surface area contributed by atoms with Gasteiger partial charge in [0.25, 0.3) is 0 Å². The molecule has 0 aliphatic carbocycles. The van der Waals surface area contributed by atoms with E-state index in [2.05, 4.69) is 18.7 Å². The quantitative estimate of drug-likeness (QED) is 0.868. The molecule has 0 bridgehead atoms. The van der Waals surface area contributed by atoms with Crippen molar-refractivity contribution in [1.29, 1.82) is 0 Å². The van der Waals surface area contributed by atoms with Gasteiger partial charge in [0, 0.05) is 30.3 Å². The molecule has 0 spiro atoms. The number of aldehydes is 2. The highest BCUT2D eigenvalue weighted by molar-refractivity contribution is 5.91. The first-order chi connectivity index (χ1) is 11.0. The molecule has 0 radical (unpaired) electrons. The van der Waals surface area contributed by atoms with Crippen LogP contribution >= 0.6 is 0 Å². The molecule has 1 N–H and O–H groups in total. The maximum atomic E-state index is 11.2. The Morgan fingerprint density at radius 3 is 2.61 bits per heavy atom. The number of fused-ring (bicyclic) bond motifs is 3. The summed E-state index contributed by atoms with van der Waals surface area (Å²) in [4.78, 5) is 24.8. The Bertz CT molecular complexity index is 611. The van der Waals surface area contributed by atoms with Gasteiger partial charge in [-0.1, -0.05) is 13.8 Å². The van der Waals surface area contributed by atoms with Crippen LogP contribution in [0.4, 0.5) is 0 Å². The van der Waals surface area contributed by atoms with Crippen LogP contribution in [0.1, 0.15) is 64.6 Å². The Morgan fingerprint density at radius 2 is 1.96 bits per heavy atom. The molecule has 2 heterocycles. The molecule has 3 atom stereocenters. The molecule has 1 fully saturated rings. The third-order valence-corrected chi connectivity index (χ3v) is 5.32. The van der Waals surface area contributed by atoms with Crippen LogP contribution in [-0.2, 0) is 6.42 Å². The fraction of sp³-hybridized carbons (Fsp3) is 0.579. The Balaban J connectivity index is 1.90. The minimum atomic E-state index is -0.296. The Kier molecular flexibility index (Phi) is 4.64. The SMILES string of the molecule is CC(C)C[C@@H]1CN2CCc3cc(C=O)c(C=O)cc3[C@@H]2C[C@@H]1O. The van der Waals surface area contributed by atoms with Crippen LogP contribution in [0.5, 0.6) is 0 Å².